The van der Waals surface area contributed by atoms with E-state index in [0.29, 0.717) is 5.92 Å². The molecular weight excluding hydrogens is 182 g/mol. The quantitative estimate of drug-likeness (QED) is 0.696. The SMILES string of the molecule is CCC(C)(CC(C)C)NC(C)(C)C(C)C. The molecule has 0 aromatic rings. The van der Waals surface area contributed by atoms with Crippen LogP contribution < -0.4 is 5.32 Å². The van der Waals surface area contributed by atoms with Crippen molar-refractivity contribution in [1.29, 1.82) is 0 Å². The van der Waals surface area contributed by atoms with E-state index in [9.17, 15) is 0 Å². The van der Waals surface area contributed by atoms with Crippen molar-refractivity contribution in [1.82, 2.24) is 5.32 Å². The lowest BCUT2D eigenvalue weighted by atomic mass is 9.82. The average Bonchev–Trinajstić information content (AvgIpc) is 2.01. The van der Waals surface area contributed by atoms with Crippen molar-refractivity contribution in [2.24, 2.45) is 11.8 Å². The maximum absolute atomic E-state index is 3.85. The van der Waals surface area contributed by atoms with Crippen LogP contribution in [0.4, 0.5) is 0 Å². The van der Waals surface area contributed by atoms with Gasteiger partial charge >= 0.3 is 0 Å². The van der Waals surface area contributed by atoms with Gasteiger partial charge in [-0.15, -0.1) is 0 Å². The molecule has 92 valence electrons. The lowest BCUT2D eigenvalue weighted by molar-refractivity contribution is 0.169. The third-order valence-corrected chi connectivity index (χ3v) is 3.71. The first-order valence-corrected chi connectivity index (χ1v) is 6.42. The van der Waals surface area contributed by atoms with Gasteiger partial charge in [-0.25, -0.2) is 0 Å². The molecule has 1 nitrogen and oxygen atoms in total. The van der Waals surface area contributed by atoms with Gasteiger partial charge in [0.2, 0.25) is 0 Å². The summed E-state index contributed by atoms with van der Waals surface area (Å²) >= 11 is 0. The Morgan fingerprint density at radius 1 is 1.00 bits per heavy atom. The number of hydrogen-bond acceptors (Lipinski definition) is 1. The van der Waals surface area contributed by atoms with Crippen molar-refractivity contribution in [3.63, 3.8) is 0 Å². The summed E-state index contributed by atoms with van der Waals surface area (Å²) in [6, 6.07) is 0. The van der Waals surface area contributed by atoms with Gasteiger partial charge in [0.1, 0.15) is 0 Å². The monoisotopic (exact) mass is 213 g/mol. The number of nitrogens with one attached hydrogen (secondary N) is 1. The molecule has 0 aromatic carbocycles. The Labute approximate surface area is 97.0 Å². The molecule has 1 N–H and O–H groups in total. The first-order chi connectivity index (χ1) is 6.63. The zero-order valence-corrected chi connectivity index (χ0v) is 12.1. The molecule has 0 aliphatic carbocycles. The van der Waals surface area contributed by atoms with Gasteiger partial charge in [-0.3, -0.25) is 0 Å². The third-order valence-electron chi connectivity index (χ3n) is 3.71. The van der Waals surface area contributed by atoms with E-state index in [1.807, 2.05) is 0 Å². The Bertz CT molecular complexity index is 182. The Morgan fingerprint density at radius 3 is 1.73 bits per heavy atom. The van der Waals surface area contributed by atoms with Crippen molar-refractivity contribution in [2.45, 2.75) is 79.3 Å². The van der Waals surface area contributed by atoms with Crippen LogP contribution in [0.2, 0.25) is 0 Å². The molecule has 0 bridgehead atoms. The van der Waals surface area contributed by atoms with Crippen LogP contribution >= 0.6 is 0 Å². The fraction of sp³-hybridized carbons (Fsp3) is 1.00. The highest BCUT2D eigenvalue weighted by Gasteiger charge is 2.32. The van der Waals surface area contributed by atoms with E-state index in [4.69, 9.17) is 0 Å². The van der Waals surface area contributed by atoms with Gasteiger partial charge in [0.25, 0.3) is 0 Å². The minimum absolute atomic E-state index is 0.222. The van der Waals surface area contributed by atoms with E-state index in [1.54, 1.807) is 0 Å². The van der Waals surface area contributed by atoms with Crippen molar-refractivity contribution >= 4 is 0 Å². The van der Waals surface area contributed by atoms with Gasteiger partial charge in [-0.1, -0.05) is 34.6 Å². The largest absolute Gasteiger partial charge is 0.306 e. The normalized spacial score (nSPS) is 17.2. The summed E-state index contributed by atoms with van der Waals surface area (Å²) in [6.07, 6.45) is 2.45. The standard InChI is InChI=1S/C14H31N/c1-9-14(8,10-11(2)3)15-13(6,7)12(4)5/h11-12,15H,9-10H2,1-8H3. The van der Waals surface area contributed by atoms with Crippen molar-refractivity contribution in [2.75, 3.05) is 0 Å². The van der Waals surface area contributed by atoms with Crippen LogP contribution in [-0.4, -0.2) is 11.1 Å². The Hall–Kier alpha value is -0.0400. The van der Waals surface area contributed by atoms with Crippen LogP contribution in [0.1, 0.15) is 68.2 Å². The molecule has 0 radical (unpaired) electrons. The van der Waals surface area contributed by atoms with E-state index in [2.05, 4.69) is 60.7 Å². The maximum atomic E-state index is 3.85. The molecule has 0 rings (SSSR count). The second-order valence-corrected chi connectivity index (χ2v) is 6.51. The second-order valence-electron chi connectivity index (χ2n) is 6.51. The van der Waals surface area contributed by atoms with Gasteiger partial charge in [-0.2, -0.15) is 0 Å². The van der Waals surface area contributed by atoms with Gasteiger partial charge in [0, 0.05) is 11.1 Å². The minimum Gasteiger partial charge on any atom is -0.306 e. The predicted octanol–water partition coefficient (Wildman–Crippen LogP) is 4.23. The molecule has 15 heavy (non-hydrogen) atoms. The van der Waals surface area contributed by atoms with Crippen LogP contribution in [0, 0.1) is 11.8 Å². The van der Waals surface area contributed by atoms with Gasteiger partial charge < -0.3 is 5.32 Å². The Morgan fingerprint density at radius 2 is 1.47 bits per heavy atom. The fourth-order valence-corrected chi connectivity index (χ4v) is 2.11. The smallest absolute Gasteiger partial charge is 0.0158 e. The molecular formula is C14H31N. The summed E-state index contributed by atoms with van der Waals surface area (Å²) in [4.78, 5) is 0. The first kappa shape index (κ1) is 15.0. The maximum Gasteiger partial charge on any atom is 0.0158 e. The van der Waals surface area contributed by atoms with Crippen LogP contribution in [0.5, 0.6) is 0 Å². The summed E-state index contributed by atoms with van der Waals surface area (Å²) in [5.74, 6) is 1.42. The average molecular weight is 213 g/mol. The molecule has 0 spiro atoms. The van der Waals surface area contributed by atoms with Gasteiger partial charge in [-0.05, 0) is 45.4 Å². The Kier molecular flexibility index (Phi) is 5.32. The molecule has 0 fully saturated rings. The zero-order chi connectivity index (χ0) is 12.3. The van der Waals surface area contributed by atoms with Gasteiger partial charge in [0.05, 0.1) is 0 Å². The first-order valence-electron chi connectivity index (χ1n) is 6.42. The molecule has 0 saturated carbocycles. The lowest BCUT2D eigenvalue weighted by Crippen LogP contribution is -2.56. The summed E-state index contributed by atoms with van der Waals surface area (Å²) < 4.78 is 0. The summed E-state index contributed by atoms with van der Waals surface area (Å²) in [6.45, 7) is 18.5. The zero-order valence-electron chi connectivity index (χ0n) is 12.1. The van der Waals surface area contributed by atoms with E-state index >= 15 is 0 Å². The summed E-state index contributed by atoms with van der Waals surface area (Å²) in [5, 5.41) is 3.85. The lowest BCUT2D eigenvalue weighted by Gasteiger charge is -2.42. The highest BCUT2D eigenvalue weighted by atomic mass is 15.0. The fourth-order valence-electron chi connectivity index (χ4n) is 2.11. The summed E-state index contributed by atoms with van der Waals surface area (Å²) in [5.41, 5.74) is 0.502. The van der Waals surface area contributed by atoms with Crippen LogP contribution in [0.15, 0.2) is 0 Å². The van der Waals surface area contributed by atoms with E-state index in [1.165, 1.54) is 12.8 Å². The highest BCUT2D eigenvalue weighted by Crippen LogP contribution is 2.26. The summed E-state index contributed by atoms with van der Waals surface area (Å²) in [7, 11) is 0. The third kappa shape index (κ3) is 5.01. The number of rotatable bonds is 6. The molecule has 1 heteroatoms. The molecule has 0 amide bonds. The second kappa shape index (κ2) is 5.34. The van der Waals surface area contributed by atoms with Crippen molar-refractivity contribution < 1.29 is 0 Å². The predicted molar refractivity (Wildman–Crippen MR) is 70.2 cm³/mol. The van der Waals surface area contributed by atoms with E-state index in [0.717, 1.165) is 5.92 Å². The number of hydrogen-bond donors (Lipinski definition) is 1. The molecule has 0 aromatic heterocycles. The molecule has 0 aliphatic heterocycles. The van der Waals surface area contributed by atoms with Crippen LogP contribution in [0.25, 0.3) is 0 Å². The molecule has 0 heterocycles. The topological polar surface area (TPSA) is 12.0 Å². The van der Waals surface area contributed by atoms with Gasteiger partial charge in [0.15, 0.2) is 0 Å². The van der Waals surface area contributed by atoms with Crippen molar-refractivity contribution in [3.8, 4) is 0 Å². The van der Waals surface area contributed by atoms with Crippen LogP contribution in [-0.2, 0) is 0 Å². The van der Waals surface area contributed by atoms with Crippen molar-refractivity contribution in [3.05, 3.63) is 0 Å². The molecule has 1 atom stereocenters. The molecule has 0 aliphatic rings. The molecule has 0 saturated heterocycles. The highest BCUT2D eigenvalue weighted by molar-refractivity contribution is 4.92. The van der Waals surface area contributed by atoms with E-state index in [-0.39, 0.29) is 11.1 Å². The molecule has 1 unspecified atom stereocenters. The minimum atomic E-state index is 0.222. The Balaban J connectivity index is 4.56. The van der Waals surface area contributed by atoms with Crippen LogP contribution in [0.3, 0.4) is 0 Å². The van der Waals surface area contributed by atoms with E-state index < -0.39 is 0 Å².